The van der Waals surface area contributed by atoms with Gasteiger partial charge in [0, 0.05) is 0 Å². The van der Waals surface area contributed by atoms with E-state index in [2.05, 4.69) is 0 Å². The summed E-state index contributed by atoms with van der Waals surface area (Å²) in [5.74, 6) is -4.38. The molecule has 0 unspecified atom stereocenters. The van der Waals surface area contributed by atoms with Gasteiger partial charge in [-0.25, -0.2) is 4.39 Å². The summed E-state index contributed by atoms with van der Waals surface area (Å²) in [4.78, 5) is 10.6. The number of carbonyl (C=O) groups excluding carboxylic acids is 1. The van der Waals surface area contributed by atoms with Crippen LogP contribution in [0.4, 0.5) is 30.7 Å². The molecular formula is C9H3F7O. The number of rotatable bonds is 1. The Morgan fingerprint density at radius 2 is 1.53 bits per heavy atom. The smallest absolute Gasteiger partial charge is 0.284 e. The molecule has 0 saturated heterocycles. The fourth-order valence-electron chi connectivity index (χ4n) is 1.03. The zero-order valence-electron chi connectivity index (χ0n) is 7.79. The van der Waals surface area contributed by atoms with Gasteiger partial charge in [0.2, 0.25) is 0 Å². The third-order valence-corrected chi connectivity index (χ3v) is 1.80. The Hall–Kier alpha value is -1.60. The van der Waals surface area contributed by atoms with Gasteiger partial charge in [-0.3, -0.25) is 4.79 Å². The summed E-state index contributed by atoms with van der Waals surface area (Å²) >= 11 is 0. The topological polar surface area (TPSA) is 17.1 Å². The maximum absolute atomic E-state index is 12.9. The first kappa shape index (κ1) is 13.5. The fourth-order valence-corrected chi connectivity index (χ4v) is 1.03. The van der Waals surface area contributed by atoms with Gasteiger partial charge in [0.25, 0.3) is 5.78 Å². The van der Waals surface area contributed by atoms with Crippen LogP contribution in [0.3, 0.4) is 0 Å². The van der Waals surface area contributed by atoms with Gasteiger partial charge < -0.3 is 0 Å². The lowest BCUT2D eigenvalue weighted by Gasteiger charge is -2.09. The highest BCUT2D eigenvalue weighted by Gasteiger charge is 2.41. The van der Waals surface area contributed by atoms with Crippen LogP contribution in [0.15, 0.2) is 18.2 Å². The fraction of sp³-hybridized carbons (Fsp3) is 0.222. The molecule has 0 saturated carbocycles. The molecule has 94 valence electrons. The Balaban J connectivity index is 3.20. The number of hydrogen-bond donors (Lipinski definition) is 0. The average Bonchev–Trinajstić information content (AvgIpc) is 2.13. The van der Waals surface area contributed by atoms with Gasteiger partial charge >= 0.3 is 12.4 Å². The van der Waals surface area contributed by atoms with Gasteiger partial charge in [0.05, 0.1) is 11.1 Å². The molecule has 0 aliphatic heterocycles. The number of halogens is 7. The van der Waals surface area contributed by atoms with Gasteiger partial charge in [-0.1, -0.05) is 0 Å². The Morgan fingerprint density at radius 1 is 1.00 bits per heavy atom. The molecule has 0 bridgehead atoms. The van der Waals surface area contributed by atoms with Crippen molar-refractivity contribution in [2.45, 2.75) is 12.4 Å². The van der Waals surface area contributed by atoms with Crippen LogP contribution in [-0.4, -0.2) is 12.0 Å². The molecule has 0 aromatic heterocycles. The summed E-state index contributed by atoms with van der Waals surface area (Å²) in [6, 6.07) is 0.217. The van der Waals surface area contributed by atoms with Crippen LogP contribution in [0.5, 0.6) is 0 Å². The second kappa shape index (κ2) is 4.01. The van der Waals surface area contributed by atoms with Crippen LogP contribution in [0, 0.1) is 5.82 Å². The monoisotopic (exact) mass is 260 g/mol. The van der Waals surface area contributed by atoms with Gasteiger partial charge in [-0.2, -0.15) is 26.3 Å². The van der Waals surface area contributed by atoms with E-state index in [0.717, 1.165) is 0 Å². The van der Waals surface area contributed by atoms with E-state index in [1.54, 1.807) is 0 Å². The van der Waals surface area contributed by atoms with E-state index in [0.29, 0.717) is 0 Å². The van der Waals surface area contributed by atoms with Crippen LogP contribution in [0.1, 0.15) is 15.9 Å². The molecule has 1 aromatic rings. The van der Waals surface area contributed by atoms with Crippen LogP contribution in [-0.2, 0) is 6.18 Å². The van der Waals surface area contributed by atoms with Gasteiger partial charge in [0.1, 0.15) is 5.82 Å². The Bertz CT molecular complexity index is 444. The van der Waals surface area contributed by atoms with E-state index in [1.807, 2.05) is 0 Å². The lowest BCUT2D eigenvalue weighted by atomic mass is 10.1. The quantitative estimate of drug-likeness (QED) is 0.557. The van der Waals surface area contributed by atoms with Crippen LogP contribution in [0.2, 0.25) is 0 Å². The van der Waals surface area contributed by atoms with Crippen molar-refractivity contribution in [3.05, 3.63) is 35.1 Å². The SMILES string of the molecule is O=C(c1ccc(C(F)(F)F)cc1F)C(F)(F)F. The molecule has 1 rings (SSSR count). The third-order valence-electron chi connectivity index (χ3n) is 1.80. The molecule has 0 spiro atoms. The standard InChI is InChI=1S/C9H3F7O/c10-6-3-4(8(11,12)13)1-2-5(6)7(17)9(14,15)16/h1-3H. The average molecular weight is 260 g/mol. The Morgan fingerprint density at radius 3 is 1.88 bits per heavy atom. The molecule has 0 fully saturated rings. The van der Waals surface area contributed by atoms with E-state index >= 15 is 0 Å². The second-order valence-electron chi connectivity index (χ2n) is 3.02. The summed E-state index contributed by atoms with van der Waals surface area (Å²) in [5.41, 5.74) is -2.90. The predicted octanol–water partition coefficient (Wildman–Crippen LogP) is 3.59. The third kappa shape index (κ3) is 2.95. The van der Waals surface area contributed by atoms with E-state index in [-0.39, 0.29) is 18.2 Å². The van der Waals surface area contributed by atoms with Gasteiger partial charge in [0.15, 0.2) is 0 Å². The number of ketones is 1. The van der Waals surface area contributed by atoms with Crippen molar-refractivity contribution < 1.29 is 35.5 Å². The highest BCUT2D eigenvalue weighted by molar-refractivity contribution is 6.00. The molecular weight excluding hydrogens is 257 g/mol. The van der Waals surface area contributed by atoms with E-state index < -0.39 is 35.1 Å². The molecule has 0 amide bonds. The minimum Gasteiger partial charge on any atom is -0.284 e. The van der Waals surface area contributed by atoms with E-state index in [4.69, 9.17) is 0 Å². The van der Waals surface area contributed by atoms with Crippen molar-refractivity contribution in [1.29, 1.82) is 0 Å². The summed E-state index contributed by atoms with van der Waals surface area (Å²) in [6.07, 6.45) is -10.2. The normalized spacial score (nSPS) is 12.6. The molecule has 8 heteroatoms. The summed E-state index contributed by atoms with van der Waals surface area (Å²) in [6.45, 7) is 0. The number of carbonyl (C=O) groups is 1. The van der Waals surface area contributed by atoms with Crippen molar-refractivity contribution in [1.82, 2.24) is 0 Å². The van der Waals surface area contributed by atoms with Crippen LogP contribution < -0.4 is 0 Å². The maximum Gasteiger partial charge on any atom is 0.454 e. The summed E-state index contributed by atoms with van der Waals surface area (Å²) < 4.78 is 84.9. The van der Waals surface area contributed by atoms with Gasteiger partial charge in [-0.15, -0.1) is 0 Å². The van der Waals surface area contributed by atoms with Crippen LogP contribution >= 0.6 is 0 Å². The Labute approximate surface area is 89.8 Å². The molecule has 17 heavy (non-hydrogen) atoms. The minimum absolute atomic E-state index is 0.154. The molecule has 0 atom stereocenters. The first-order chi connectivity index (χ1) is 7.53. The maximum atomic E-state index is 12.9. The Kier molecular flexibility index (Phi) is 3.17. The number of Topliss-reactive ketones (excluding diaryl/α,β-unsaturated/α-hetero) is 1. The molecule has 0 radical (unpaired) electrons. The van der Waals surface area contributed by atoms with Crippen LogP contribution in [0.25, 0.3) is 0 Å². The molecule has 0 N–H and O–H groups in total. The van der Waals surface area contributed by atoms with E-state index in [1.165, 1.54) is 0 Å². The van der Waals surface area contributed by atoms with Crippen molar-refractivity contribution in [3.8, 4) is 0 Å². The molecule has 0 aliphatic rings. The number of hydrogen-bond acceptors (Lipinski definition) is 1. The molecule has 1 nitrogen and oxygen atoms in total. The minimum atomic E-state index is -5.33. The lowest BCUT2D eigenvalue weighted by molar-refractivity contribution is -0.137. The molecule has 0 heterocycles. The first-order valence-corrected chi connectivity index (χ1v) is 4.02. The summed E-state index contributed by atoms with van der Waals surface area (Å²) in [5, 5.41) is 0. The molecule has 0 aliphatic carbocycles. The lowest BCUT2D eigenvalue weighted by Crippen LogP contribution is -2.24. The number of benzene rings is 1. The van der Waals surface area contributed by atoms with Crippen molar-refractivity contribution in [2.24, 2.45) is 0 Å². The van der Waals surface area contributed by atoms with Gasteiger partial charge in [-0.05, 0) is 18.2 Å². The predicted molar refractivity (Wildman–Crippen MR) is 41.8 cm³/mol. The number of alkyl halides is 6. The second-order valence-corrected chi connectivity index (χ2v) is 3.02. The highest BCUT2D eigenvalue weighted by atomic mass is 19.4. The zero-order valence-corrected chi connectivity index (χ0v) is 7.79. The zero-order chi connectivity index (χ0) is 13.4. The van der Waals surface area contributed by atoms with Crippen molar-refractivity contribution in [2.75, 3.05) is 0 Å². The summed E-state index contributed by atoms with van der Waals surface area (Å²) in [7, 11) is 0. The van der Waals surface area contributed by atoms with Crippen molar-refractivity contribution >= 4 is 5.78 Å². The highest BCUT2D eigenvalue weighted by Crippen LogP contribution is 2.31. The van der Waals surface area contributed by atoms with Crippen molar-refractivity contribution in [3.63, 3.8) is 0 Å². The van der Waals surface area contributed by atoms with E-state index in [9.17, 15) is 35.5 Å². The largest absolute Gasteiger partial charge is 0.454 e. The molecule has 1 aromatic carbocycles. The first-order valence-electron chi connectivity index (χ1n) is 4.02.